The third-order valence-electron chi connectivity index (χ3n) is 0.0786. The molecule has 0 fully saturated rings. The largest absolute Gasteiger partial charge is 0.748 e. The van der Waals surface area contributed by atoms with E-state index in [4.69, 9.17) is 8.76 Å². The van der Waals surface area contributed by atoms with Crippen LogP contribution in [0.15, 0.2) is 12.7 Å². The van der Waals surface area contributed by atoms with Crippen LogP contribution in [-0.4, -0.2) is 8.76 Å². The van der Waals surface area contributed by atoms with E-state index in [0.29, 0.717) is 0 Å². The maximum absolute atomic E-state index is 9.02. The second-order valence-electron chi connectivity index (χ2n) is 0.709. The molecule has 0 rings (SSSR count). The maximum atomic E-state index is 9.02. The minimum Gasteiger partial charge on any atom is -0.748 e. The molecule has 0 heterocycles. The third-order valence-corrected chi connectivity index (χ3v) is 0.236. The van der Waals surface area contributed by atoms with Gasteiger partial charge in [0.2, 0.25) is 0 Å². The van der Waals surface area contributed by atoms with Crippen molar-refractivity contribution in [1.82, 2.24) is 0 Å². The summed E-state index contributed by atoms with van der Waals surface area (Å²) in [6.07, 6.45) is 1.75. The zero-order chi connectivity index (χ0) is 6.99. The van der Waals surface area contributed by atoms with E-state index >= 15 is 0 Å². The zero-order valence-corrected chi connectivity index (χ0v) is 5.31. The predicted octanol–water partition coefficient (Wildman–Crippen LogP) is -0.137. The molecule has 8 heavy (non-hydrogen) atoms. The van der Waals surface area contributed by atoms with Gasteiger partial charge in [0.1, 0.15) is 11.4 Å². The van der Waals surface area contributed by atoms with E-state index in [1.54, 1.807) is 6.08 Å². The van der Waals surface area contributed by atoms with E-state index in [2.05, 4.69) is 16.8 Å². The van der Waals surface area contributed by atoms with E-state index < -0.39 is 11.4 Å². The fourth-order valence-corrected chi connectivity index (χ4v) is 0. The first kappa shape index (κ1) is 10.7. The molecule has 0 aliphatic carbocycles. The van der Waals surface area contributed by atoms with Gasteiger partial charge in [-0.15, -0.1) is 6.58 Å². The molecule has 0 aromatic heterocycles. The normalized spacial score (nSPS) is 10.9. The van der Waals surface area contributed by atoms with E-state index in [1.807, 2.05) is 6.92 Å². The van der Waals surface area contributed by atoms with Crippen molar-refractivity contribution in [2.75, 3.05) is 0 Å². The molecule has 2 N–H and O–H groups in total. The van der Waals surface area contributed by atoms with Crippen LogP contribution in [0.4, 0.5) is 0 Å². The zero-order valence-electron chi connectivity index (χ0n) is 4.49. The van der Waals surface area contributed by atoms with Gasteiger partial charge in [-0.1, -0.05) is 6.08 Å². The molecule has 0 saturated heterocycles. The highest BCUT2D eigenvalue weighted by molar-refractivity contribution is 7.74. The molecule has 5 heteroatoms. The summed E-state index contributed by atoms with van der Waals surface area (Å²) in [5, 5.41) is 0. The van der Waals surface area contributed by atoms with Gasteiger partial charge in [0.15, 0.2) is 0 Å². The van der Waals surface area contributed by atoms with E-state index in [0.717, 1.165) is 0 Å². The summed E-state index contributed by atoms with van der Waals surface area (Å²) in [6.45, 7) is 5.25. The molecule has 0 saturated carbocycles. The molecule has 0 aromatic carbocycles. The van der Waals surface area contributed by atoms with Crippen molar-refractivity contribution in [2.24, 2.45) is 5.90 Å². The molecule has 50 valence electrons. The van der Waals surface area contributed by atoms with E-state index in [9.17, 15) is 0 Å². The minimum atomic E-state index is -2.54. The lowest BCUT2D eigenvalue weighted by Gasteiger charge is -1.93. The molecule has 0 aliphatic heterocycles. The summed E-state index contributed by atoms with van der Waals surface area (Å²) >= 11 is -2.54. The smallest absolute Gasteiger partial charge is 0.105 e. The Morgan fingerprint density at radius 3 is 2.12 bits per heavy atom. The second-order valence-corrected chi connectivity index (χ2v) is 1.31. The average Bonchev–Trinajstić information content (AvgIpc) is 1.69. The molecule has 0 bridgehead atoms. The maximum Gasteiger partial charge on any atom is 0.105 e. The van der Waals surface area contributed by atoms with Crippen LogP contribution in [0.1, 0.15) is 6.92 Å². The SMILES string of the molecule is C=CC.NOS(=O)[O-]. The van der Waals surface area contributed by atoms with Crippen LogP contribution in [0.3, 0.4) is 0 Å². The van der Waals surface area contributed by atoms with Crippen LogP contribution in [0.5, 0.6) is 0 Å². The van der Waals surface area contributed by atoms with Crippen molar-refractivity contribution < 1.29 is 13.0 Å². The number of hydrogen-bond donors (Lipinski definition) is 1. The van der Waals surface area contributed by atoms with Gasteiger partial charge in [-0.25, -0.2) is 14.4 Å². The second kappa shape index (κ2) is 9.91. The van der Waals surface area contributed by atoms with Crippen molar-refractivity contribution in [3.63, 3.8) is 0 Å². The highest BCUT2D eigenvalue weighted by atomic mass is 32.2. The lowest BCUT2D eigenvalue weighted by atomic mass is 10.8. The van der Waals surface area contributed by atoms with Crippen molar-refractivity contribution in [1.29, 1.82) is 0 Å². The van der Waals surface area contributed by atoms with Gasteiger partial charge >= 0.3 is 0 Å². The van der Waals surface area contributed by atoms with Gasteiger partial charge in [0.05, 0.1) is 0 Å². The van der Waals surface area contributed by atoms with Crippen molar-refractivity contribution in [2.45, 2.75) is 6.92 Å². The first-order chi connectivity index (χ1) is 3.68. The van der Waals surface area contributed by atoms with Gasteiger partial charge < -0.3 is 4.55 Å². The average molecular weight is 138 g/mol. The van der Waals surface area contributed by atoms with Crippen LogP contribution in [0.25, 0.3) is 0 Å². The van der Waals surface area contributed by atoms with Crippen LogP contribution in [0, 0.1) is 0 Å². The Morgan fingerprint density at radius 1 is 2.00 bits per heavy atom. The Balaban J connectivity index is 0. The molecule has 0 amide bonds. The molecule has 0 radical (unpaired) electrons. The quantitative estimate of drug-likeness (QED) is 0.311. The summed E-state index contributed by atoms with van der Waals surface area (Å²) in [7, 11) is 0. The topological polar surface area (TPSA) is 75.4 Å². The Bertz CT molecular complexity index is 74.9. The molecule has 1 atom stereocenters. The molecule has 1 unspecified atom stereocenters. The predicted molar refractivity (Wildman–Crippen MR) is 30.1 cm³/mol. The van der Waals surface area contributed by atoms with Crippen molar-refractivity contribution in [3.8, 4) is 0 Å². The summed E-state index contributed by atoms with van der Waals surface area (Å²) in [4.78, 5) is 0. The Kier molecular flexibility index (Phi) is 13.2. The van der Waals surface area contributed by atoms with Crippen LogP contribution >= 0.6 is 0 Å². The van der Waals surface area contributed by atoms with Gasteiger partial charge in [-0.3, -0.25) is 0 Å². The van der Waals surface area contributed by atoms with Gasteiger partial charge in [0.25, 0.3) is 0 Å². The first-order valence-electron chi connectivity index (χ1n) is 1.72. The number of nitrogens with two attached hydrogens (primary N) is 1. The summed E-state index contributed by atoms with van der Waals surface area (Å²) < 4.78 is 21.2. The fourth-order valence-electron chi connectivity index (χ4n) is 0. The molecule has 0 spiro atoms. The van der Waals surface area contributed by atoms with Crippen molar-refractivity contribution in [3.05, 3.63) is 12.7 Å². The third kappa shape index (κ3) is 41.9. The fraction of sp³-hybridized carbons (Fsp3) is 0.333. The van der Waals surface area contributed by atoms with Crippen LogP contribution < -0.4 is 5.90 Å². The molecule has 4 nitrogen and oxygen atoms in total. The summed E-state index contributed by atoms with van der Waals surface area (Å²) in [5.41, 5.74) is 0. The lowest BCUT2D eigenvalue weighted by molar-refractivity contribution is 0.312. The standard InChI is InChI=1S/C3H6.H3NO3S/c1-3-2;1-4-5(2)3/h3H,1H2,2H3;1H2,(H,2,3)/p-1. The monoisotopic (exact) mass is 138 g/mol. The molecule has 0 aromatic rings. The highest BCUT2D eigenvalue weighted by Gasteiger charge is 1.60. The van der Waals surface area contributed by atoms with Gasteiger partial charge in [0, 0.05) is 0 Å². The van der Waals surface area contributed by atoms with Crippen LogP contribution in [0.2, 0.25) is 0 Å². The Morgan fingerprint density at radius 2 is 2.12 bits per heavy atom. The number of hydrogen-bond acceptors (Lipinski definition) is 4. The Hall–Kier alpha value is -0.230. The van der Waals surface area contributed by atoms with Gasteiger partial charge in [-0.2, -0.15) is 0 Å². The molecular weight excluding hydrogens is 130 g/mol. The van der Waals surface area contributed by atoms with E-state index in [1.165, 1.54) is 0 Å². The molecular formula is C3H8NO3S-. The first-order valence-corrected chi connectivity index (χ1v) is 2.72. The number of rotatable bonds is 1. The van der Waals surface area contributed by atoms with Crippen LogP contribution in [-0.2, 0) is 15.6 Å². The number of allylic oxidation sites excluding steroid dienone is 1. The molecule has 0 aliphatic rings. The highest BCUT2D eigenvalue weighted by Crippen LogP contribution is 1.58. The van der Waals surface area contributed by atoms with Gasteiger partial charge in [-0.05, 0) is 6.92 Å². The lowest BCUT2D eigenvalue weighted by Crippen LogP contribution is -2.00. The minimum absolute atomic E-state index is 1.75. The summed E-state index contributed by atoms with van der Waals surface area (Å²) in [5.74, 6) is 4.06. The summed E-state index contributed by atoms with van der Waals surface area (Å²) in [6, 6.07) is 0. The van der Waals surface area contributed by atoms with E-state index in [-0.39, 0.29) is 0 Å². The Labute approximate surface area is 50.8 Å². The van der Waals surface area contributed by atoms with Crippen molar-refractivity contribution >= 4 is 11.4 Å².